The quantitative estimate of drug-likeness (QED) is 0.571. The molecule has 0 fully saturated rings. The minimum atomic E-state index is -1.81. The first-order valence-corrected chi connectivity index (χ1v) is 6.28. The van der Waals surface area contributed by atoms with Gasteiger partial charge in [-0.3, -0.25) is 14.4 Å². The highest BCUT2D eigenvalue weighted by Crippen LogP contribution is 2.40. The van der Waals surface area contributed by atoms with Crippen molar-refractivity contribution in [3.63, 3.8) is 0 Å². The molecule has 0 aliphatic carbocycles. The Morgan fingerprint density at radius 2 is 1.47 bits per heavy atom. The number of carboxylic acid groups (broad SMARTS) is 3. The maximum Gasteiger partial charge on any atom is 0.321 e. The summed E-state index contributed by atoms with van der Waals surface area (Å²) < 4.78 is -1.81. The van der Waals surface area contributed by atoms with Crippen molar-refractivity contribution in [1.29, 1.82) is 0 Å². The lowest BCUT2D eigenvalue weighted by atomic mass is 10.0. The summed E-state index contributed by atoms with van der Waals surface area (Å²) in [5.74, 6) is -4.09. The largest absolute Gasteiger partial charge is 0.481 e. The maximum atomic E-state index is 10.9. The monoisotopic (exact) mass is 254 g/mol. The first kappa shape index (κ1) is 14.1. The van der Waals surface area contributed by atoms with Crippen molar-refractivity contribution in [3.8, 4) is 0 Å². The number of hydrogen-bond acceptors (Lipinski definition) is 5. The van der Waals surface area contributed by atoms with Crippen molar-refractivity contribution in [2.45, 2.75) is 17.6 Å². The zero-order chi connectivity index (χ0) is 12.1. The van der Waals surface area contributed by atoms with Crippen LogP contribution in [0.2, 0.25) is 0 Å². The van der Waals surface area contributed by atoms with E-state index in [-0.39, 0.29) is 0 Å². The minimum absolute atomic E-state index is 0.722. The van der Waals surface area contributed by atoms with E-state index in [0.29, 0.717) is 0 Å². The molecule has 3 N–H and O–H groups in total. The summed E-state index contributed by atoms with van der Waals surface area (Å²) >= 11 is 0. The number of carboxylic acids is 3. The van der Waals surface area contributed by atoms with E-state index in [9.17, 15) is 14.4 Å². The van der Waals surface area contributed by atoms with Gasteiger partial charge in [-0.15, -0.1) is 0 Å². The fourth-order valence-electron chi connectivity index (χ4n) is 0.956. The average Bonchev–Trinajstić information content (AvgIpc) is 2.01. The highest BCUT2D eigenvalue weighted by atomic mass is 33.1. The molecule has 0 spiro atoms. The molecule has 15 heavy (non-hydrogen) atoms. The van der Waals surface area contributed by atoms with Crippen LogP contribution in [0.3, 0.4) is 0 Å². The second-order valence-corrected chi connectivity index (χ2v) is 5.47. The van der Waals surface area contributed by atoms with Crippen LogP contribution < -0.4 is 0 Å². The summed E-state index contributed by atoms with van der Waals surface area (Å²) in [5.41, 5.74) is 0. The van der Waals surface area contributed by atoms with E-state index < -0.39 is 35.5 Å². The molecule has 0 aromatic rings. The van der Waals surface area contributed by atoms with Gasteiger partial charge < -0.3 is 15.3 Å². The molecule has 0 aromatic carbocycles. The van der Waals surface area contributed by atoms with Crippen molar-refractivity contribution in [1.82, 2.24) is 0 Å². The Kier molecular flexibility index (Phi) is 5.51. The smallest absolute Gasteiger partial charge is 0.321 e. The fraction of sp³-hybridized carbons (Fsp3) is 0.571. The summed E-state index contributed by atoms with van der Waals surface area (Å²) in [6.45, 7) is 0. The van der Waals surface area contributed by atoms with Crippen molar-refractivity contribution in [2.75, 3.05) is 6.26 Å². The second-order valence-electron chi connectivity index (χ2n) is 2.69. The van der Waals surface area contributed by atoms with E-state index in [0.717, 1.165) is 21.6 Å². The normalized spacial score (nSPS) is 11.0. The Bertz CT molecular complexity index is 261. The minimum Gasteiger partial charge on any atom is -0.481 e. The molecule has 0 aliphatic heterocycles. The van der Waals surface area contributed by atoms with Gasteiger partial charge in [-0.05, 0) is 6.26 Å². The Hall–Kier alpha value is -0.890. The van der Waals surface area contributed by atoms with Gasteiger partial charge >= 0.3 is 17.9 Å². The predicted molar refractivity (Wildman–Crippen MR) is 56.0 cm³/mol. The molecule has 0 saturated carbocycles. The first-order chi connectivity index (χ1) is 6.84. The second kappa shape index (κ2) is 5.86. The van der Waals surface area contributed by atoms with Crippen LogP contribution in [-0.2, 0) is 14.4 Å². The van der Waals surface area contributed by atoms with Gasteiger partial charge in [-0.2, -0.15) is 0 Å². The fourth-order valence-corrected chi connectivity index (χ4v) is 3.24. The summed E-state index contributed by atoms with van der Waals surface area (Å²) in [4.78, 5) is 31.9. The van der Waals surface area contributed by atoms with Crippen molar-refractivity contribution in [2.24, 2.45) is 0 Å². The summed E-state index contributed by atoms with van der Waals surface area (Å²) in [6.07, 6.45) is 0.117. The summed E-state index contributed by atoms with van der Waals surface area (Å²) in [5, 5.41) is 26.0. The first-order valence-electron chi connectivity index (χ1n) is 3.73. The lowest BCUT2D eigenvalue weighted by Gasteiger charge is -2.23. The average molecular weight is 254 g/mol. The standard InChI is InChI=1S/C7H10O6S2/c1-14-15-7(6(12)13,2-4(8)9)3-5(10)11/h2-3H2,1H3,(H,8,9)(H,10,11)(H,12,13). The van der Waals surface area contributed by atoms with E-state index in [1.165, 1.54) is 0 Å². The van der Waals surface area contributed by atoms with Gasteiger partial charge in [0, 0.05) is 0 Å². The van der Waals surface area contributed by atoms with E-state index in [2.05, 4.69) is 0 Å². The molecule has 0 radical (unpaired) electrons. The molecule has 0 saturated heterocycles. The van der Waals surface area contributed by atoms with Gasteiger partial charge in [0.1, 0.15) is 4.75 Å². The lowest BCUT2D eigenvalue weighted by Crippen LogP contribution is -2.39. The Morgan fingerprint density at radius 3 is 1.67 bits per heavy atom. The van der Waals surface area contributed by atoms with Gasteiger partial charge in [0.25, 0.3) is 0 Å². The SMILES string of the molecule is CSSC(CC(=O)O)(CC(=O)O)C(=O)O. The van der Waals surface area contributed by atoms with Gasteiger partial charge in [-0.25, -0.2) is 0 Å². The van der Waals surface area contributed by atoms with Gasteiger partial charge in [-0.1, -0.05) is 21.6 Å². The third-order valence-electron chi connectivity index (χ3n) is 1.51. The van der Waals surface area contributed by atoms with Crippen LogP contribution in [0.4, 0.5) is 0 Å². The van der Waals surface area contributed by atoms with Gasteiger partial charge in [0.05, 0.1) is 12.8 Å². The van der Waals surface area contributed by atoms with Crippen LogP contribution in [0.15, 0.2) is 0 Å². The van der Waals surface area contributed by atoms with Crippen molar-refractivity contribution >= 4 is 39.5 Å². The van der Waals surface area contributed by atoms with E-state index in [1.807, 2.05) is 0 Å². The van der Waals surface area contributed by atoms with E-state index >= 15 is 0 Å². The summed E-state index contributed by atoms with van der Waals surface area (Å²) in [7, 11) is 1.77. The van der Waals surface area contributed by atoms with Crippen LogP contribution in [0.25, 0.3) is 0 Å². The van der Waals surface area contributed by atoms with Crippen LogP contribution in [0, 0.1) is 0 Å². The Balaban J connectivity index is 4.96. The highest BCUT2D eigenvalue weighted by molar-refractivity contribution is 8.77. The number of hydrogen-bond donors (Lipinski definition) is 3. The van der Waals surface area contributed by atoms with Gasteiger partial charge in [0.2, 0.25) is 0 Å². The highest BCUT2D eigenvalue weighted by Gasteiger charge is 2.43. The molecule has 0 rings (SSSR count). The van der Waals surface area contributed by atoms with Crippen LogP contribution in [0.1, 0.15) is 12.8 Å². The molecular weight excluding hydrogens is 244 g/mol. The Morgan fingerprint density at radius 1 is 1.07 bits per heavy atom. The topological polar surface area (TPSA) is 112 Å². The lowest BCUT2D eigenvalue weighted by molar-refractivity contribution is -0.150. The molecule has 0 unspecified atom stereocenters. The molecule has 0 aromatic heterocycles. The maximum absolute atomic E-state index is 10.9. The molecule has 0 atom stereocenters. The molecule has 86 valence electrons. The number of aliphatic carboxylic acids is 3. The van der Waals surface area contributed by atoms with Crippen molar-refractivity contribution in [3.05, 3.63) is 0 Å². The van der Waals surface area contributed by atoms with E-state index in [4.69, 9.17) is 15.3 Å². The van der Waals surface area contributed by atoms with Crippen LogP contribution in [0.5, 0.6) is 0 Å². The molecule has 0 bridgehead atoms. The summed E-state index contributed by atoms with van der Waals surface area (Å²) in [6, 6.07) is 0. The Labute approximate surface area is 93.4 Å². The number of carbonyl (C=O) groups is 3. The van der Waals surface area contributed by atoms with Crippen LogP contribution >= 0.6 is 21.6 Å². The molecule has 0 aliphatic rings. The predicted octanol–water partition coefficient (Wildman–Crippen LogP) is 0.770. The molecular formula is C7H10O6S2. The zero-order valence-electron chi connectivity index (χ0n) is 7.80. The van der Waals surface area contributed by atoms with Gasteiger partial charge in [0.15, 0.2) is 0 Å². The van der Waals surface area contributed by atoms with E-state index in [1.54, 1.807) is 6.26 Å². The third kappa shape index (κ3) is 4.43. The number of rotatable bonds is 7. The molecule has 6 nitrogen and oxygen atoms in total. The van der Waals surface area contributed by atoms with Crippen molar-refractivity contribution < 1.29 is 29.7 Å². The van der Waals surface area contributed by atoms with Crippen LogP contribution in [-0.4, -0.2) is 44.2 Å². The third-order valence-corrected chi connectivity index (χ3v) is 3.91. The zero-order valence-corrected chi connectivity index (χ0v) is 9.43. The molecule has 0 amide bonds. The molecule has 8 heteroatoms. The molecule has 0 heterocycles.